The van der Waals surface area contributed by atoms with Crippen LogP contribution in [-0.2, 0) is 16.4 Å². The Bertz CT molecular complexity index is 750. The predicted octanol–water partition coefficient (Wildman–Crippen LogP) is 2.69. The molecule has 0 heterocycles. The van der Waals surface area contributed by atoms with Crippen LogP contribution in [-0.4, -0.2) is 15.0 Å². The summed E-state index contributed by atoms with van der Waals surface area (Å²) in [6.45, 7) is 0.183. The second-order valence-corrected chi connectivity index (χ2v) is 7.06. The summed E-state index contributed by atoms with van der Waals surface area (Å²) in [6, 6.07) is 10.6. The van der Waals surface area contributed by atoms with Gasteiger partial charge in [-0.25, -0.2) is 17.5 Å². The van der Waals surface area contributed by atoms with Crippen molar-refractivity contribution in [1.82, 2.24) is 4.72 Å². The summed E-state index contributed by atoms with van der Waals surface area (Å²) in [5, 5.41) is 0. The molecule has 0 fully saturated rings. The van der Waals surface area contributed by atoms with Gasteiger partial charge in [-0.3, -0.25) is 0 Å². The number of hydrogen-bond acceptors (Lipinski definition) is 3. The number of hydrogen-bond donors (Lipinski definition) is 2. The average molecular weight is 373 g/mol. The fourth-order valence-electron chi connectivity index (χ4n) is 1.83. The first-order valence-electron chi connectivity index (χ1n) is 6.17. The molecule has 0 radical (unpaired) electrons. The van der Waals surface area contributed by atoms with E-state index in [1.807, 2.05) is 0 Å². The van der Waals surface area contributed by atoms with Crippen molar-refractivity contribution in [3.05, 3.63) is 58.3 Å². The van der Waals surface area contributed by atoms with Gasteiger partial charge < -0.3 is 5.73 Å². The van der Waals surface area contributed by atoms with E-state index < -0.39 is 10.0 Å². The van der Waals surface area contributed by atoms with Crippen molar-refractivity contribution in [2.45, 2.75) is 11.3 Å². The Balaban J connectivity index is 2.05. The van der Waals surface area contributed by atoms with Gasteiger partial charge in [0.1, 0.15) is 5.82 Å². The number of anilines is 1. The Morgan fingerprint density at radius 1 is 1.19 bits per heavy atom. The predicted molar refractivity (Wildman–Crippen MR) is 83.8 cm³/mol. The topological polar surface area (TPSA) is 72.2 Å². The van der Waals surface area contributed by atoms with Crippen LogP contribution >= 0.6 is 15.9 Å². The SMILES string of the molecule is Nc1ccc(S(=O)(=O)NCCc2cccc(F)c2)c(Br)c1. The van der Waals surface area contributed by atoms with Gasteiger partial charge in [-0.1, -0.05) is 12.1 Å². The van der Waals surface area contributed by atoms with E-state index in [-0.39, 0.29) is 17.3 Å². The van der Waals surface area contributed by atoms with Crippen LogP contribution in [0.1, 0.15) is 5.56 Å². The average Bonchev–Trinajstić information content (AvgIpc) is 2.38. The van der Waals surface area contributed by atoms with Gasteiger partial charge in [0.25, 0.3) is 0 Å². The molecule has 2 rings (SSSR count). The molecule has 0 aliphatic carbocycles. The maximum Gasteiger partial charge on any atom is 0.241 e. The van der Waals surface area contributed by atoms with Crippen molar-refractivity contribution in [3.63, 3.8) is 0 Å². The Labute approximate surface area is 131 Å². The minimum Gasteiger partial charge on any atom is -0.399 e. The summed E-state index contributed by atoms with van der Waals surface area (Å²) in [7, 11) is -3.63. The van der Waals surface area contributed by atoms with E-state index in [2.05, 4.69) is 20.7 Å². The molecular formula is C14H14BrFN2O2S. The minimum absolute atomic E-state index is 0.121. The third-order valence-electron chi connectivity index (χ3n) is 2.84. The molecule has 0 saturated carbocycles. The molecule has 0 bridgehead atoms. The van der Waals surface area contributed by atoms with Crippen LogP contribution in [0, 0.1) is 5.82 Å². The summed E-state index contributed by atoms with van der Waals surface area (Å²) in [4.78, 5) is 0.121. The molecule has 7 heteroatoms. The smallest absolute Gasteiger partial charge is 0.241 e. The second-order valence-electron chi connectivity index (χ2n) is 4.47. The van der Waals surface area contributed by atoms with E-state index in [1.165, 1.54) is 30.3 Å². The number of nitrogens with two attached hydrogens (primary N) is 1. The first kappa shape index (κ1) is 15.9. The maximum absolute atomic E-state index is 13.0. The normalized spacial score (nSPS) is 11.5. The van der Waals surface area contributed by atoms with Gasteiger partial charge in [0, 0.05) is 16.7 Å². The van der Waals surface area contributed by atoms with Crippen molar-refractivity contribution >= 4 is 31.6 Å². The van der Waals surface area contributed by atoms with Crippen molar-refractivity contribution < 1.29 is 12.8 Å². The zero-order chi connectivity index (χ0) is 15.5. The van der Waals surface area contributed by atoms with Crippen LogP contribution in [0.5, 0.6) is 0 Å². The fraction of sp³-hybridized carbons (Fsp3) is 0.143. The molecule has 0 aromatic heterocycles. The number of rotatable bonds is 5. The summed E-state index contributed by atoms with van der Waals surface area (Å²) < 4.78 is 40.2. The molecule has 0 amide bonds. The van der Waals surface area contributed by atoms with Crippen LogP contribution in [0.4, 0.5) is 10.1 Å². The molecule has 0 aliphatic rings. The van der Waals surface area contributed by atoms with Crippen LogP contribution in [0.3, 0.4) is 0 Å². The summed E-state index contributed by atoms with van der Waals surface area (Å²) in [6.07, 6.45) is 0.406. The molecule has 0 aliphatic heterocycles. The number of nitrogens with one attached hydrogen (secondary N) is 1. The van der Waals surface area contributed by atoms with E-state index in [9.17, 15) is 12.8 Å². The van der Waals surface area contributed by atoms with Crippen LogP contribution in [0.15, 0.2) is 51.8 Å². The van der Waals surface area contributed by atoms with Gasteiger partial charge >= 0.3 is 0 Å². The quantitative estimate of drug-likeness (QED) is 0.792. The van der Waals surface area contributed by atoms with Gasteiger partial charge in [0.2, 0.25) is 10.0 Å². The summed E-state index contributed by atoms with van der Waals surface area (Å²) in [5.74, 6) is -0.336. The monoisotopic (exact) mass is 372 g/mol. The lowest BCUT2D eigenvalue weighted by Crippen LogP contribution is -2.26. The highest BCUT2D eigenvalue weighted by Gasteiger charge is 2.17. The Hall–Kier alpha value is -1.44. The lowest BCUT2D eigenvalue weighted by molar-refractivity contribution is 0.581. The lowest BCUT2D eigenvalue weighted by Gasteiger charge is -2.09. The van der Waals surface area contributed by atoms with E-state index in [4.69, 9.17) is 5.73 Å². The number of sulfonamides is 1. The van der Waals surface area contributed by atoms with Gasteiger partial charge in [-0.05, 0) is 58.2 Å². The Kier molecular flexibility index (Phi) is 4.97. The van der Waals surface area contributed by atoms with E-state index >= 15 is 0 Å². The Morgan fingerprint density at radius 3 is 2.62 bits per heavy atom. The Morgan fingerprint density at radius 2 is 1.95 bits per heavy atom. The first-order valence-corrected chi connectivity index (χ1v) is 8.45. The van der Waals surface area contributed by atoms with Gasteiger partial charge in [-0.15, -0.1) is 0 Å². The maximum atomic E-state index is 13.0. The second kappa shape index (κ2) is 6.55. The van der Waals surface area contributed by atoms with Crippen LogP contribution < -0.4 is 10.5 Å². The summed E-state index contributed by atoms with van der Waals surface area (Å²) >= 11 is 3.18. The molecule has 2 aromatic carbocycles. The first-order chi connectivity index (χ1) is 9.88. The van der Waals surface area contributed by atoms with Gasteiger partial charge in [0.05, 0.1) is 4.90 Å². The van der Waals surface area contributed by atoms with Crippen LogP contribution in [0.25, 0.3) is 0 Å². The molecular weight excluding hydrogens is 359 g/mol. The number of benzene rings is 2. The fourth-order valence-corrected chi connectivity index (χ4v) is 3.96. The standard InChI is InChI=1S/C14H14BrFN2O2S/c15-13-9-12(17)4-5-14(13)21(19,20)18-7-6-10-2-1-3-11(16)8-10/h1-5,8-9,18H,6-7,17H2. The van der Waals surface area contributed by atoms with Crippen molar-refractivity contribution in [2.75, 3.05) is 12.3 Å². The molecule has 0 spiro atoms. The highest BCUT2D eigenvalue weighted by atomic mass is 79.9. The zero-order valence-electron chi connectivity index (χ0n) is 11.0. The van der Waals surface area contributed by atoms with Gasteiger partial charge in [0.15, 0.2) is 0 Å². The molecule has 0 atom stereocenters. The van der Waals surface area contributed by atoms with E-state index in [0.717, 1.165) is 5.56 Å². The van der Waals surface area contributed by atoms with E-state index in [0.29, 0.717) is 16.6 Å². The molecule has 4 nitrogen and oxygen atoms in total. The largest absolute Gasteiger partial charge is 0.399 e. The van der Waals surface area contributed by atoms with E-state index in [1.54, 1.807) is 12.1 Å². The molecule has 0 unspecified atom stereocenters. The lowest BCUT2D eigenvalue weighted by atomic mass is 10.1. The number of nitrogen functional groups attached to an aromatic ring is 1. The molecule has 3 N–H and O–H groups in total. The van der Waals surface area contributed by atoms with Crippen LogP contribution in [0.2, 0.25) is 0 Å². The van der Waals surface area contributed by atoms with Crippen molar-refractivity contribution in [2.24, 2.45) is 0 Å². The summed E-state index contributed by atoms with van der Waals surface area (Å²) in [5.41, 5.74) is 6.78. The zero-order valence-corrected chi connectivity index (χ0v) is 13.4. The minimum atomic E-state index is -3.63. The highest BCUT2D eigenvalue weighted by molar-refractivity contribution is 9.10. The molecule has 21 heavy (non-hydrogen) atoms. The van der Waals surface area contributed by atoms with Crippen molar-refractivity contribution in [1.29, 1.82) is 0 Å². The molecule has 2 aromatic rings. The molecule has 0 saturated heterocycles. The third-order valence-corrected chi connectivity index (χ3v) is 5.28. The highest BCUT2D eigenvalue weighted by Crippen LogP contribution is 2.24. The van der Waals surface area contributed by atoms with Gasteiger partial charge in [-0.2, -0.15) is 0 Å². The number of halogens is 2. The van der Waals surface area contributed by atoms with Crippen molar-refractivity contribution in [3.8, 4) is 0 Å². The third kappa shape index (κ3) is 4.26. The molecule has 112 valence electrons.